The van der Waals surface area contributed by atoms with Crippen molar-refractivity contribution in [2.75, 3.05) is 13.2 Å². The average Bonchev–Trinajstić information content (AvgIpc) is 2.67. The van der Waals surface area contributed by atoms with Crippen LogP contribution in [0.4, 0.5) is 0 Å². The van der Waals surface area contributed by atoms with E-state index in [1.807, 2.05) is 6.92 Å². The Morgan fingerprint density at radius 2 is 1.57 bits per heavy atom. The average molecular weight is 449 g/mol. The zero-order chi connectivity index (χ0) is 20.5. The third-order valence-electron chi connectivity index (χ3n) is 3.86. The third-order valence-corrected chi connectivity index (χ3v) is 4.48. The third kappa shape index (κ3) is 6.56. The molecule has 0 heterocycles. The molecule has 2 amide bonds. The summed E-state index contributed by atoms with van der Waals surface area (Å²) in [6, 6.07) is 11.7. The van der Waals surface area contributed by atoms with E-state index in [1.54, 1.807) is 42.5 Å². The zero-order valence-electron chi connectivity index (χ0n) is 16.3. The molecule has 2 aromatic carbocycles. The van der Waals surface area contributed by atoms with Crippen LogP contribution in [0, 0.1) is 5.92 Å². The Morgan fingerprint density at radius 3 is 2.14 bits per heavy atom. The first-order valence-corrected chi connectivity index (χ1v) is 9.96. The van der Waals surface area contributed by atoms with Crippen molar-refractivity contribution >= 4 is 27.7 Å². The first-order valence-electron chi connectivity index (χ1n) is 9.16. The molecule has 6 nitrogen and oxygen atoms in total. The maximum atomic E-state index is 12.2. The number of nitrogens with one attached hydrogen (secondary N) is 2. The van der Waals surface area contributed by atoms with Crippen LogP contribution in [0.2, 0.25) is 0 Å². The Kier molecular flexibility index (Phi) is 8.32. The van der Waals surface area contributed by atoms with Crippen LogP contribution in [-0.4, -0.2) is 25.0 Å². The van der Waals surface area contributed by atoms with Gasteiger partial charge in [0.05, 0.1) is 17.7 Å². The van der Waals surface area contributed by atoms with Crippen molar-refractivity contribution in [1.82, 2.24) is 10.9 Å². The molecule has 28 heavy (non-hydrogen) atoms. The highest BCUT2D eigenvalue weighted by molar-refractivity contribution is 9.10. The number of ether oxygens (including phenoxy) is 2. The molecule has 0 bridgehead atoms. The van der Waals surface area contributed by atoms with Gasteiger partial charge in [0.25, 0.3) is 11.8 Å². The first kappa shape index (κ1) is 21.8. The number of hydrogen-bond acceptors (Lipinski definition) is 4. The summed E-state index contributed by atoms with van der Waals surface area (Å²) in [5.41, 5.74) is 5.63. The molecule has 0 aromatic heterocycles. The van der Waals surface area contributed by atoms with Gasteiger partial charge in [-0.15, -0.1) is 0 Å². The molecule has 0 aliphatic rings. The summed E-state index contributed by atoms with van der Waals surface area (Å²) >= 11 is 3.36. The SMILES string of the molecule is CCOc1ccc(C(=O)NNC(=O)c2ccc(OCCC(C)C)cc2)cc1Br. The van der Waals surface area contributed by atoms with Gasteiger partial charge in [-0.05, 0) is 77.7 Å². The lowest BCUT2D eigenvalue weighted by atomic mass is 10.1. The normalized spacial score (nSPS) is 10.5. The minimum Gasteiger partial charge on any atom is -0.494 e. The van der Waals surface area contributed by atoms with E-state index in [0.29, 0.717) is 46.2 Å². The van der Waals surface area contributed by atoms with Gasteiger partial charge in [0.2, 0.25) is 0 Å². The molecular formula is C21H25BrN2O4. The van der Waals surface area contributed by atoms with Crippen LogP contribution >= 0.6 is 15.9 Å². The van der Waals surface area contributed by atoms with Gasteiger partial charge >= 0.3 is 0 Å². The Balaban J connectivity index is 1.87. The van der Waals surface area contributed by atoms with E-state index in [-0.39, 0.29) is 0 Å². The lowest BCUT2D eigenvalue weighted by Gasteiger charge is -2.11. The highest BCUT2D eigenvalue weighted by atomic mass is 79.9. The van der Waals surface area contributed by atoms with Crippen LogP contribution in [0.25, 0.3) is 0 Å². The summed E-state index contributed by atoms with van der Waals surface area (Å²) < 4.78 is 11.7. The number of carbonyl (C=O) groups excluding carboxylic acids is 2. The second-order valence-corrected chi connectivity index (χ2v) is 7.40. The monoisotopic (exact) mass is 448 g/mol. The van der Waals surface area contributed by atoms with Crippen molar-refractivity contribution in [3.63, 3.8) is 0 Å². The number of benzene rings is 2. The van der Waals surface area contributed by atoms with Gasteiger partial charge in [0.1, 0.15) is 11.5 Å². The molecule has 0 spiro atoms. The number of hydrazine groups is 1. The second kappa shape index (κ2) is 10.7. The van der Waals surface area contributed by atoms with E-state index in [2.05, 4.69) is 40.6 Å². The number of halogens is 1. The summed E-state index contributed by atoms with van der Waals surface area (Å²) in [7, 11) is 0. The minimum atomic E-state index is -0.425. The zero-order valence-corrected chi connectivity index (χ0v) is 17.8. The van der Waals surface area contributed by atoms with Crippen LogP contribution in [-0.2, 0) is 0 Å². The molecule has 2 aromatic rings. The fourth-order valence-electron chi connectivity index (χ4n) is 2.29. The molecular weight excluding hydrogens is 424 g/mol. The van der Waals surface area contributed by atoms with Gasteiger partial charge < -0.3 is 9.47 Å². The standard InChI is InChI=1S/C21H25BrN2O4/c1-4-27-19-10-7-16(13-18(19)22)21(26)24-23-20(25)15-5-8-17(9-6-15)28-12-11-14(2)3/h5-10,13-14H,4,11-12H2,1-3H3,(H,23,25)(H,24,26). The Hall–Kier alpha value is -2.54. The summed E-state index contributed by atoms with van der Waals surface area (Å²) in [6.45, 7) is 7.32. The molecule has 7 heteroatoms. The number of hydrogen-bond donors (Lipinski definition) is 2. The van der Waals surface area contributed by atoms with Crippen molar-refractivity contribution in [2.24, 2.45) is 5.92 Å². The minimum absolute atomic E-state index is 0.393. The fraction of sp³-hybridized carbons (Fsp3) is 0.333. The largest absolute Gasteiger partial charge is 0.494 e. The van der Waals surface area contributed by atoms with Crippen LogP contribution in [0.1, 0.15) is 47.9 Å². The molecule has 0 saturated heterocycles. The summed E-state index contributed by atoms with van der Waals surface area (Å²) in [5.74, 6) is 1.10. The molecule has 0 aliphatic carbocycles. The molecule has 0 saturated carbocycles. The maximum Gasteiger partial charge on any atom is 0.269 e. The number of amides is 2. The lowest BCUT2D eigenvalue weighted by molar-refractivity contribution is 0.0846. The van der Waals surface area contributed by atoms with Crippen molar-refractivity contribution in [1.29, 1.82) is 0 Å². The molecule has 0 radical (unpaired) electrons. The van der Waals surface area contributed by atoms with E-state index in [0.717, 1.165) is 6.42 Å². The highest BCUT2D eigenvalue weighted by Gasteiger charge is 2.11. The topological polar surface area (TPSA) is 76.7 Å². The Labute approximate surface area is 173 Å². The van der Waals surface area contributed by atoms with Gasteiger partial charge in [-0.25, -0.2) is 0 Å². The molecule has 0 fully saturated rings. The Bertz CT molecular complexity index is 807. The molecule has 2 N–H and O–H groups in total. The van der Waals surface area contributed by atoms with Crippen LogP contribution in [0.15, 0.2) is 46.9 Å². The van der Waals surface area contributed by atoms with Crippen molar-refractivity contribution < 1.29 is 19.1 Å². The van der Waals surface area contributed by atoms with Crippen molar-refractivity contribution in [2.45, 2.75) is 27.2 Å². The predicted octanol–water partition coefficient (Wildman–Crippen LogP) is 4.35. The van der Waals surface area contributed by atoms with Gasteiger partial charge in [0, 0.05) is 11.1 Å². The smallest absolute Gasteiger partial charge is 0.269 e. The van der Waals surface area contributed by atoms with E-state index in [4.69, 9.17) is 9.47 Å². The molecule has 150 valence electrons. The number of carbonyl (C=O) groups is 2. The van der Waals surface area contributed by atoms with E-state index >= 15 is 0 Å². The molecule has 2 rings (SSSR count). The second-order valence-electron chi connectivity index (χ2n) is 6.54. The highest BCUT2D eigenvalue weighted by Crippen LogP contribution is 2.25. The van der Waals surface area contributed by atoms with Crippen LogP contribution in [0.3, 0.4) is 0 Å². The summed E-state index contributed by atoms with van der Waals surface area (Å²) in [5, 5.41) is 0. The predicted molar refractivity (Wildman–Crippen MR) is 112 cm³/mol. The summed E-state index contributed by atoms with van der Waals surface area (Å²) in [4.78, 5) is 24.4. The van der Waals surface area contributed by atoms with Crippen LogP contribution in [0.5, 0.6) is 11.5 Å². The number of rotatable bonds is 8. The van der Waals surface area contributed by atoms with Crippen molar-refractivity contribution in [3.8, 4) is 11.5 Å². The van der Waals surface area contributed by atoms with E-state index in [1.165, 1.54) is 0 Å². The van der Waals surface area contributed by atoms with E-state index < -0.39 is 11.8 Å². The first-order chi connectivity index (χ1) is 13.4. The quantitative estimate of drug-likeness (QED) is 0.588. The summed E-state index contributed by atoms with van der Waals surface area (Å²) in [6.07, 6.45) is 0.968. The lowest BCUT2D eigenvalue weighted by Crippen LogP contribution is -2.41. The van der Waals surface area contributed by atoms with Gasteiger partial charge in [-0.3, -0.25) is 20.4 Å². The maximum absolute atomic E-state index is 12.2. The van der Waals surface area contributed by atoms with Gasteiger partial charge in [-0.2, -0.15) is 0 Å². The van der Waals surface area contributed by atoms with Gasteiger partial charge in [0.15, 0.2) is 0 Å². The van der Waals surface area contributed by atoms with Crippen LogP contribution < -0.4 is 20.3 Å². The van der Waals surface area contributed by atoms with Gasteiger partial charge in [-0.1, -0.05) is 13.8 Å². The fourth-order valence-corrected chi connectivity index (χ4v) is 2.78. The van der Waals surface area contributed by atoms with E-state index in [9.17, 15) is 9.59 Å². The Morgan fingerprint density at radius 1 is 0.964 bits per heavy atom. The molecule has 0 aliphatic heterocycles. The van der Waals surface area contributed by atoms with Crippen molar-refractivity contribution in [3.05, 3.63) is 58.1 Å². The molecule has 0 unspecified atom stereocenters. The molecule has 0 atom stereocenters.